The average Bonchev–Trinajstić information content (AvgIpc) is 2.53. The molecule has 1 unspecified atom stereocenters. The molecule has 0 fully saturated rings. The van der Waals surface area contributed by atoms with Gasteiger partial charge in [0.05, 0.1) is 20.3 Å². The van der Waals surface area contributed by atoms with Gasteiger partial charge in [-0.05, 0) is 39.3 Å². The third-order valence-electron chi connectivity index (χ3n) is 3.66. The molecule has 0 aliphatic rings. The number of aliphatic hydroxyl groups excluding tert-OH is 1. The van der Waals surface area contributed by atoms with Crippen molar-refractivity contribution in [2.45, 2.75) is 38.3 Å². The molecule has 0 heterocycles. The highest BCUT2D eigenvalue weighted by molar-refractivity contribution is 5.80. The molecule has 1 aromatic carbocycles. The summed E-state index contributed by atoms with van der Waals surface area (Å²) in [5.74, 6) is 0.459. The number of hydrogen-bond donors (Lipinski definition) is 2. The Balaban J connectivity index is 2.36. The third-order valence-corrected chi connectivity index (χ3v) is 3.66. The van der Waals surface area contributed by atoms with Crippen LogP contribution in [-0.2, 0) is 16.1 Å². The number of methoxy groups -OCH3 is 1. The Hall–Kier alpha value is -1.59. The van der Waals surface area contributed by atoms with E-state index in [-0.39, 0.29) is 12.6 Å². The first-order chi connectivity index (χ1) is 10.1. The Bertz CT molecular complexity index is 450. The largest absolute Gasteiger partial charge is 0.493 e. The lowest BCUT2D eigenvalue weighted by Crippen LogP contribution is -2.48. The quantitative estimate of drug-likeness (QED) is 0.538. The van der Waals surface area contributed by atoms with Crippen molar-refractivity contribution in [2.24, 2.45) is 0 Å². The molecule has 0 bridgehead atoms. The fourth-order valence-corrected chi connectivity index (χ4v) is 2.09. The minimum atomic E-state index is -0.655. The van der Waals surface area contributed by atoms with Crippen molar-refractivity contribution in [1.82, 2.24) is 5.32 Å². The first kappa shape index (κ1) is 17.5. The number of unbranched alkanes of at least 4 members (excludes halogenated alkanes) is 1. The highest BCUT2D eigenvalue weighted by atomic mass is 16.5. The number of rotatable bonds is 9. The highest BCUT2D eigenvalue weighted by Gasteiger charge is 2.31. The van der Waals surface area contributed by atoms with Crippen molar-refractivity contribution < 1.29 is 19.4 Å². The van der Waals surface area contributed by atoms with Crippen LogP contribution in [0, 0.1) is 0 Å². The van der Waals surface area contributed by atoms with Crippen molar-refractivity contribution in [2.75, 3.05) is 20.8 Å². The van der Waals surface area contributed by atoms with Crippen LogP contribution in [0.2, 0.25) is 0 Å². The summed E-state index contributed by atoms with van der Waals surface area (Å²) >= 11 is 0. The summed E-state index contributed by atoms with van der Waals surface area (Å²) in [6.45, 7) is 2.36. The van der Waals surface area contributed by atoms with E-state index in [1.165, 1.54) is 7.11 Å². The molecular weight excluding hydrogens is 270 g/mol. The molecule has 0 aliphatic carbocycles. The molecule has 1 aromatic rings. The van der Waals surface area contributed by atoms with E-state index >= 15 is 0 Å². The van der Waals surface area contributed by atoms with Gasteiger partial charge in [0.25, 0.3) is 0 Å². The summed E-state index contributed by atoms with van der Waals surface area (Å²) in [7, 11) is 3.15. The van der Waals surface area contributed by atoms with Gasteiger partial charge in [0.1, 0.15) is 11.3 Å². The summed E-state index contributed by atoms with van der Waals surface area (Å²) in [4.78, 5) is 11.7. The Labute approximate surface area is 126 Å². The molecule has 0 spiro atoms. The minimum Gasteiger partial charge on any atom is -0.493 e. The number of esters is 1. The number of nitrogens with one attached hydrogen (secondary N) is 1. The molecule has 0 aliphatic heterocycles. The Morgan fingerprint density at radius 2 is 2.05 bits per heavy atom. The number of carbonyl (C=O) groups excluding carboxylic acids is 1. The van der Waals surface area contributed by atoms with E-state index in [4.69, 9.17) is 9.47 Å². The lowest BCUT2D eigenvalue weighted by atomic mass is 9.95. The third kappa shape index (κ3) is 5.02. The molecule has 1 rings (SSSR count). The van der Waals surface area contributed by atoms with Crippen LogP contribution in [0.1, 0.15) is 31.7 Å². The van der Waals surface area contributed by atoms with Gasteiger partial charge in [-0.3, -0.25) is 4.79 Å². The summed E-state index contributed by atoms with van der Waals surface area (Å²) in [5.41, 5.74) is 0.129. The predicted octanol–water partition coefficient (Wildman–Crippen LogP) is 1.88. The van der Waals surface area contributed by atoms with E-state index in [1.807, 2.05) is 31.2 Å². The predicted molar refractivity (Wildman–Crippen MR) is 81.2 cm³/mol. The number of carbonyl (C=O) groups is 1. The highest BCUT2D eigenvalue weighted by Crippen LogP contribution is 2.19. The monoisotopic (exact) mass is 295 g/mol. The average molecular weight is 295 g/mol. The smallest absolute Gasteiger partial charge is 0.325 e. The van der Waals surface area contributed by atoms with Crippen molar-refractivity contribution in [3.05, 3.63) is 29.8 Å². The second kappa shape index (κ2) is 8.64. The Morgan fingerprint density at radius 3 is 2.67 bits per heavy atom. The number of benzene rings is 1. The first-order valence-electron chi connectivity index (χ1n) is 7.16. The molecule has 0 aromatic heterocycles. The van der Waals surface area contributed by atoms with Gasteiger partial charge in [0, 0.05) is 5.56 Å². The SMILES string of the molecule is CNC(C)(CCCCOc1ccccc1CO)C(=O)OC. The van der Waals surface area contributed by atoms with Crippen LogP contribution in [0.25, 0.3) is 0 Å². The summed E-state index contributed by atoms with van der Waals surface area (Å²) in [5, 5.41) is 12.2. The van der Waals surface area contributed by atoms with Crippen LogP contribution in [0.4, 0.5) is 0 Å². The normalized spacial score (nSPS) is 13.5. The van der Waals surface area contributed by atoms with Crippen LogP contribution in [0.15, 0.2) is 24.3 Å². The lowest BCUT2D eigenvalue weighted by Gasteiger charge is -2.25. The van der Waals surface area contributed by atoms with Crippen LogP contribution in [0.3, 0.4) is 0 Å². The van der Waals surface area contributed by atoms with E-state index in [9.17, 15) is 9.90 Å². The zero-order chi connectivity index (χ0) is 15.7. The fraction of sp³-hybridized carbons (Fsp3) is 0.562. The van der Waals surface area contributed by atoms with Gasteiger partial charge >= 0.3 is 5.97 Å². The maximum Gasteiger partial charge on any atom is 0.325 e. The lowest BCUT2D eigenvalue weighted by molar-refractivity contribution is -0.148. The van der Waals surface area contributed by atoms with Crippen molar-refractivity contribution in [1.29, 1.82) is 0 Å². The van der Waals surface area contributed by atoms with Crippen molar-refractivity contribution in [3.63, 3.8) is 0 Å². The summed E-state index contributed by atoms with van der Waals surface area (Å²) in [6.07, 6.45) is 2.35. The van der Waals surface area contributed by atoms with Crippen LogP contribution in [-0.4, -0.2) is 37.4 Å². The second-order valence-electron chi connectivity index (χ2n) is 5.15. The molecule has 2 N–H and O–H groups in total. The molecule has 118 valence electrons. The molecule has 0 saturated heterocycles. The van der Waals surface area contributed by atoms with Crippen LogP contribution >= 0.6 is 0 Å². The van der Waals surface area contributed by atoms with Gasteiger partial charge in [-0.2, -0.15) is 0 Å². The molecule has 5 nitrogen and oxygen atoms in total. The molecule has 1 atom stereocenters. The molecule has 0 saturated carbocycles. The van der Waals surface area contributed by atoms with E-state index in [2.05, 4.69) is 5.32 Å². The van der Waals surface area contributed by atoms with Gasteiger partial charge in [-0.25, -0.2) is 0 Å². The molecule has 5 heteroatoms. The van der Waals surface area contributed by atoms with Gasteiger partial charge < -0.3 is 19.9 Å². The number of para-hydroxylation sites is 1. The topological polar surface area (TPSA) is 67.8 Å². The second-order valence-corrected chi connectivity index (χ2v) is 5.15. The number of ether oxygens (including phenoxy) is 2. The fourth-order valence-electron chi connectivity index (χ4n) is 2.09. The number of hydrogen-bond acceptors (Lipinski definition) is 5. The molecule has 21 heavy (non-hydrogen) atoms. The number of aliphatic hydroxyl groups is 1. The van der Waals surface area contributed by atoms with Crippen molar-refractivity contribution in [3.8, 4) is 5.75 Å². The zero-order valence-corrected chi connectivity index (χ0v) is 13.0. The molecule has 0 radical (unpaired) electrons. The van der Waals surface area contributed by atoms with Gasteiger partial charge in [0.15, 0.2) is 0 Å². The van der Waals surface area contributed by atoms with Crippen molar-refractivity contribution >= 4 is 5.97 Å². The zero-order valence-electron chi connectivity index (χ0n) is 13.0. The van der Waals surface area contributed by atoms with E-state index < -0.39 is 5.54 Å². The van der Waals surface area contributed by atoms with Gasteiger partial charge in [-0.15, -0.1) is 0 Å². The summed E-state index contributed by atoms with van der Waals surface area (Å²) in [6, 6.07) is 7.43. The van der Waals surface area contributed by atoms with E-state index in [0.29, 0.717) is 18.8 Å². The van der Waals surface area contributed by atoms with Crippen LogP contribution in [0.5, 0.6) is 5.75 Å². The maximum atomic E-state index is 11.7. The minimum absolute atomic E-state index is 0.0314. The maximum absolute atomic E-state index is 11.7. The van der Waals surface area contributed by atoms with Gasteiger partial charge in [0.2, 0.25) is 0 Å². The standard InChI is InChI=1S/C16H25NO4/c1-16(17-2,15(19)20-3)10-6-7-11-21-14-9-5-4-8-13(14)12-18/h4-5,8-9,17-18H,6-7,10-12H2,1-3H3. The Kier molecular flexibility index (Phi) is 7.19. The summed E-state index contributed by atoms with van der Waals surface area (Å²) < 4.78 is 10.5. The van der Waals surface area contributed by atoms with Crippen LogP contribution < -0.4 is 10.1 Å². The number of likely N-dealkylation sites (N-methyl/N-ethyl adjacent to an activating group) is 1. The van der Waals surface area contributed by atoms with E-state index in [1.54, 1.807) is 7.05 Å². The first-order valence-corrected chi connectivity index (χ1v) is 7.16. The van der Waals surface area contributed by atoms with Gasteiger partial charge in [-0.1, -0.05) is 18.2 Å². The van der Waals surface area contributed by atoms with E-state index in [0.717, 1.165) is 18.4 Å². The molecule has 0 amide bonds. The Morgan fingerprint density at radius 1 is 1.33 bits per heavy atom. The molecular formula is C16H25NO4.